The molecule has 2 heterocycles. The maximum absolute atomic E-state index is 10.6. The smallest absolute Gasteiger partial charge is 0.405 e. The van der Waals surface area contributed by atoms with Gasteiger partial charge < -0.3 is 14.9 Å². The molecule has 0 radical (unpaired) electrons. The van der Waals surface area contributed by atoms with Crippen molar-refractivity contribution in [2.24, 2.45) is 0 Å². The minimum absolute atomic E-state index is 0.245. The molecule has 1 fully saturated rings. The lowest BCUT2D eigenvalue weighted by Gasteiger charge is -2.24. The molecule has 0 aliphatic heterocycles. The van der Waals surface area contributed by atoms with Crippen LogP contribution < -0.4 is 5.32 Å². The SMILES string of the molecule is C[C@H](NC(=O)O)c1nc(-c2ccnc(C3CCC3)c2)no1. The van der Waals surface area contributed by atoms with Crippen molar-refractivity contribution in [3.63, 3.8) is 0 Å². The van der Waals surface area contributed by atoms with Crippen LogP contribution in [0, 0.1) is 0 Å². The third kappa shape index (κ3) is 2.86. The predicted octanol–water partition coefficient (Wildman–Crippen LogP) is 2.73. The summed E-state index contributed by atoms with van der Waals surface area (Å²) < 4.78 is 5.12. The average Bonchev–Trinajstić information content (AvgIpc) is 2.86. The van der Waals surface area contributed by atoms with E-state index >= 15 is 0 Å². The van der Waals surface area contributed by atoms with Gasteiger partial charge >= 0.3 is 6.09 Å². The van der Waals surface area contributed by atoms with Crippen LogP contribution in [0.3, 0.4) is 0 Å². The lowest BCUT2D eigenvalue weighted by molar-refractivity contribution is 0.187. The van der Waals surface area contributed by atoms with Crippen molar-refractivity contribution in [3.8, 4) is 11.4 Å². The molecule has 1 saturated carbocycles. The van der Waals surface area contributed by atoms with Gasteiger partial charge in [-0.1, -0.05) is 11.6 Å². The van der Waals surface area contributed by atoms with Gasteiger partial charge in [-0.25, -0.2) is 4.79 Å². The van der Waals surface area contributed by atoms with E-state index in [0.717, 1.165) is 11.3 Å². The molecular formula is C14H16N4O3. The first-order chi connectivity index (χ1) is 10.1. The van der Waals surface area contributed by atoms with Crippen molar-refractivity contribution in [2.45, 2.75) is 38.1 Å². The molecule has 21 heavy (non-hydrogen) atoms. The molecule has 0 unspecified atom stereocenters. The summed E-state index contributed by atoms with van der Waals surface area (Å²) in [5, 5.41) is 14.9. The second kappa shape index (κ2) is 5.51. The van der Waals surface area contributed by atoms with Crippen molar-refractivity contribution < 1.29 is 14.4 Å². The topological polar surface area (TPSA) is 101 Å². The molecule has 0 aromatic carbocycles. The molecule has 0 spiro atoms. The molecule has 2 N–H and O–H groups in total. The molecule has 2 aromatic rings. The lowest BCUT2D eigenvalue weighted by atomic mass is 9.82. The largest absolute Gasteiger partial charge is 0.465 e. The fraction of sp³-hybridized carbons (Fsp3) is 0.429. The molecule has 7 heteroatoms. The Balaban J connectivity index is 1.80. The van der Waals surface area contributed by atoms with Gasteiger partial charge in [0.15, 0.2) is 0 Å². The highest BCUT2D eigenvalue weighted by atomic mass is 16.5. The van der Waals surface area contributed by atoms with Gasteiger partial charge in [-0.05, 0) is 31.9 Å². The van der Waals surface area contributed by atoms with Gasteiger partial charge in [0.05, 0.1) is 0 Å². The molecule has 110 valence electrons. The normalized spacial score (nSPS) is 16.2. The van der Waals surface area contributed by atoms with Crippen LogP contribution in [0.1, 0.15) is 49.7 Å². The van der Waals surface area contributed by atoms with Crippen molar-refractivity contribution in [1.82, 2.24) is 20.4 Å². The molecule has 7 nitrogen and oxygen atoms in total. The molecule has 1 aliphatic carbocycles. The number of aromatic nitrogens is 3. The maximum atomic E-state index is 10.6. The Morgan fingerprint density at radius 1 is 1.52 bits per heavy atom. The molecule has 0 saturated heterocycles. The van der Waals surface area contributed by atoms with E-state index in [0.29, 0.717) is 11.7 Å². The van der Waals surface area contributed by atoms with Crippen molar-refractivity contribution in [2.75, 3.05) is 0 Å². The Hall–Kier alpha value is -2.44. The first kappa shape index (κ1) is 13.5. The van der Waals surface area contributed by atoms with Crippen LogP contribution in [0.15, 0.2) is 22.9 Å². The van der Waals surface area contributed by atoms with Crippen molar-refractivity contribution >= 4 is 6.09 Å². The summed E-state index contributed by atoms with van der Waals surface area (Å²) >= 11 is 0. The van der Waals surface area contributed by atoms with Crippen LogP contribution in [-0.4, -0.2) is 26.3 Å². The zero-order chi connectivity index (χ0) is 14.8. The molecule has 0 bridgehead atoms. The molecule has 1 atom stereocenters. The highest BCUT2D eigenvalue weighted by molar-refractivity contribution is 5.65. The third-order valence-corrected chi connectivity index (χ3v) is 3.71. The fourth-order valence-electron chi connectivity index (χ4n) is 2.29. The van der Waals surface area contributed by atoms with Crippen molar-refractivity contribution in [3.05, 3.63) is 29.9 Å². The van der Waals surface area contributed by atoms with E-state index < -0.39 is 12.1 Å². The monoisotopic (exact) mass is 288 g/mol. The van der Waals surface area contributed by atoms with Gasteiger partial charge in [-0.15, -0.1) is 0 Å². The van der Waals surface area contributed by atoms with E-state index in [1.165, 1.54) is 19.3 Å². The number of hydrogen-bond donors (Lipinski definition) is 2. The Kier molecular flexibility index (Phi) is 3.55. The molecule has 1 aliphatic rings. The van der Waals surface area contributed by atoms with Crippen LogP contribution in [0.5, 0.6) is 0 Å². The van der Waals surface area contributed by atoms with E-state index in [2.05, 4.69) is 20.4 Å². The van der Waals surface area contributed by atoms with E-state index in [1.807, 2.05) is 12.1 Å². The van der Waals surface area contributed by atoms with Gasteiger partial charge in [0, 0.05) is 23.4 Å². The zero-order valence-corrected chi connectivity index (χ0v) is 11.6. The van der Waals surface area contributed by atoms with Gasteiger partial charge in [-0.3, -0.25) is 4.98 Å². The summed E-state index contributed by atoms with van der Waals surface area (Å²) in [7, 11) is 0. The Morgan fingerprint density at radius 2 is 2.33 bits per heavy atom. The van der Waals surface area contributed by atoms with Crippen LogP contribution in [-0.2, 0) is 0 Å². The third-order valence-electron chi connectivity index (χ3n) is 3.71. The summed E-state index contributed by atoms with van der Waals surface area (Å²) in [6, 6.07) is 3.26. The predicted molar refractivity (Wildman–Crippen MR) is 73.7 cm³/mol. The van der Waals surface area contributed by atoms with E-state index in [-0.39, 0.29) is 5.89 Å². The quantitative estimate of drug-likeness (QED) is 0.897. The Bertz CT molecular complexity index is 651. The summed E-state index contributed by atoms with van der Waals surface area (Å²) in [5.41, 5.74) is 1.89. The standard InChI is InChI=1S/C14H16N4O3/c1-8(16-14(19)20)13-17-12(18-21-13)10-5-6-15-11(7-10)9-3-2-4-9/h5-9,16H,2-4H2,1H3,(H,19,20)/t8-/m0/s1. The maximum Gasteiger partial charge on any atom is 0.405 e. The number of amides is 1. The summed E-state index contributed by atoms with van der Waals surface area (Å²) in [5.74, 6) is 1.23. The highest BCUT2D eigenvalue weighted by Gasteiger charge is 2.22. The van der Waals surface area contributed by atoms with Gasteiger partial charge in [0.25, 0.3) is 0 Å². The zero-order valence-electron chi connectivity index (χ0n) is 11.6. The first-order valence-electron chi connectivity index (χ1n) is 6.93. The Labute approximate surface area is 121 Å². The molecule has 1 amide bonds. The Morgan fingerprint density at radius 3 is 3.00 bits per heavy atom. The highest BCUT2D eigenvalue weighted by Crippen LogP contribution is 2.36. The van der Waals surface area contributed by atoms with Crippen molar-refractivity contribution in [1.29, 1.82) is 0 Å². The van der Waals surface area contributed by atoms with E-state index in [9.17, 15) is 4.79 Å². The number of pyridine rings is 1. The second-order valence-corrected chi connectivity index (χ2v) is 5.22. The minimum atomic E-state index is -1.13. The number of carboxylic acid groups (broad SMARTS) is 1. The van der Waals surface area contributed by atoms with Crippen LogP contribution >= 0.6 is 0 Å². The number of hydrogen-bond acceptors (Lipinski definition) is 5. The number of nitrogens with one attached hydrogen (secondary N) is 1. The minimum Gasteiger partial charge on any atom is -0.465 e. The molecular weight excluding hydrogens is 272 g/mol. The average molecular weight is 288 g/mol. The van der Waals surface area contributed by atoms with E-state index in [1.54, 1.807) is 13.1 Å². The molecule has 2 aromatic heterocycles. The second-order valence-electron chi connectivity index (χ2n) is 5.22. The number of nitrogens with zero attached hydrogens (tertiary/aromatic N) is 3. The first-order valence-corrected chi connectivity index (χ1v) is 6.93. The summed E-state index contributed by atoms with van der Waals surface area (Å²) in [6.45, 7) is 1.65. The number of rotatable bonds is 4. The fourth-order valence-corrected chi connectivity index (χ4v) is 2.29. The summed E-state index contributed by atoms with van der Waals surface area (Å²) in [6.07, 6.45) is 4.22. The molecule has 3 rings (SSSR count). The number of carbonyl (C=O) groups is 1. The van der Waals surface area contributed by atoms with Gasteiger partial charge in [-0.2, -0.15) is 4.98 Å². The lowest BCUT2D eigenvalue weighted by Crippen LogP contribution is -2.24. The van der Waals surface area contributed by atoms with Crippen LogP contribution in [0.25, 0.3) is 11.4 Å². The van der Waals surface area contributed by atoms with Crippen LogP contribution in [0.4, 0.5) is 4.79 Å². The van der Waals surface area contributed by atoms with Gasteiger partial charge in [0.2, 0.25) is 11.7 Å². The van der Waals surface area contributed by atoms with Gasteiger partial charge in [0.1, 0.15) is 6.04 Å². The summed E-state index contributed by atoms with van der Waals surface area (Å²) in [4.78, 5) is 19.2. The van der Waals surface area contributed by atoms with E-state index in [4.69, 9.17) is 9.63 Å². The van der Waals surface area contributed by atoms with Crippen LogP contribution in [0.2, 0.25) is 0 Å².